The lowest BCUT2D eigenvalue weighted by Gasteiger charge is -2.22. The van der Waals surface area contributed by atoms with Crippen molar-refractivity contribution in [2.45, 2.75) is 26.8 Å². The number of nitro benzene ring substituents is 1. The number of likely N-dealkylation sites (N-methyl/N-ethyl adjacent to an activating group) is 2. The Labute approximate surface area is 222 Å². The summed E-state index contributed by atoms with van der Waals surface area (Å²) in [6.45, 7) is 6.89. The molecular weight excluding hydrogens is 482 g/mol. The highest BCUT2D eigenvalue weighted by Crippen LogP contribution is 2.39. The van der Waals surface area contributed by atoms with Gasteiger partial charge in [0.2, 0.25) is 5.95 Å². The smallest absolute Gasteiger partial charge is 0.294 e. The number of hydrogen-bond acceptors (Lipinski definition) is 8. The standard InChI is InChI=1S/C28H33N7O3/c1-6-19-16-29-28(31-26(19)21-17-34-12-13-38-25-9-7-8-20(21)27(25)34)30-22-15-24(35(36)37)23(14-18(22)2)33(5)11-10-32(3)4/h7-9,14-17H,6,10-13H2,1-5H3,(H,29,30,31). The molecule has 0 radical (unpaired) electrons. The highest BCUT2D eigenvalue weighted by Gasteiger charge is 2.23. The SMILES string of the molecule is CCc1cnc(Nc2cc([N+](=O)[O-])c(N(C)CCN(C)C)cc2C)nc1-c1cn2c3c(cccc13)OCC2. The Balaban J connectivity index is 1.53. The lowest BCUT2D eigenvalue weighted by atomic mass is 10.0. The van der Waals surface area contributed by atoms with E-state index in [0.29, 0.717) is 30.5 Å². The van der Waals surface area contributed by atoms with E-state index < -0.39 is 0 Å². The second-order valence-electron chi connectivity index (χ2n) is 9.92. The van der Waals surface area contributed by atoms with Crippen molar-refractivity contribution in [2.75, 3.05) is 51.1 Å². The van der Waals surface area contributed by atoms with E-state index in [4.69, 9.17) is 9.72 Å². The van der Waals surface area contributed by atoms with E-state index in [1.54, 1.807) is 6.07 Å². The maximum absolute atomic E-state index is 12.0. The Bertz CT molecular complexity index is 1510. The Morgan fingerprint density at radius 2 is 2.03 bits per heavy atom. The summed E-state index contributed by atoms with van der Waals surface area (Å²) in [5.74, 6) is 1.27. The molecule has 4 aromatic rings. The van der Waals surface area contributed by atoms with Gasteiger partial charge in [-0.15, -0.1) is 0 Å². The van der Waals surface area contributed by atoms with Crippen molar-refractivity contribution in [2.24, 2.45) is 0 Å². The molecule has 3 heterocycles. The maximum atomic E-state index is 12.0. The van der Waals surface area contributed by atoms with Gasteiger partial charge < -0.3 is 24.4 Å². The van der Waals surface area contributed by atoms with Crippen LogP contribution in [0.4, 0.5) is 23.0 Å². The Hall–Kier alpha value is -4.18. The number of nitro groups is 1. The quantitative estimate of drug-likeness (QED) is 0.245. The molecule has 0 saturated heterocycles. The Kier molecular flexibility index (Phi) is 6.90. The van der Waals surface area contributed by atoms with Gasteiger partial charge in [0.05, 0.1) is 28.4 Å². The van der Waals surface area contributed by atoms with Crippen molar-refractivity contribution in [3.63, 3.8) is 0 Å². The molecule has 0 atom stereocenters. The van der Waals surface area contributed by atoms with Crippen LogP contribution in [-0.4, -0.2) is 65.2 Å². The number of anilines is 3. The van der Waals surface area contributed by atoms with Crippen molar-refractivity contribution >= 4 is 33.9 Å². The summed E-state index contributed by atoms with van der Waals surface area (Å²) in [4.78, 5) is 25.1. The molecule has 1 aliphatic heterocycles. The first-order chi connectivity index (χ1) is 18.3. The monoisotopic (exact) mass is 515 g/mol. The summed E-state index contributed by atoms with van der Waals surface area (Å²) in [5, 5.41) is 16.3. The van der Waals surface area contributed by atoms with E-state index in [1.807, 2.05) is 57.4 Å². The molecule has 38 heavy (non-hydrogen) atoms. The zero-order valence-corrected chi connectivity index (χ0v) is 22.5. The number of aromatic nitrogens is 3. The van der Waals surface area contributed by atoms with Gasteiger partial charge in [-0.3, -0.25) is 10.1 Å². The van der Waals surface area contributed by atoms with Crippen LogP contribution in [0.3, 0.4) is 0 Å². The molecule has 2 aromatic heterocycles. The van der Waals surface area contributed by atoms with Gasteiger partial charge in [0.1, 0.15) is 18.0 Å². The fraction of sp³-hybridized carbons (Fsp3) is 0.357. The molecule has 10 nitrogen and oxygen atoms in total. The van der Waals surface area contributed by atoms with Gasteiger partial charge in [-0.25, -0.2) is 9.97 Å². The van der Waals surface area contributed by atoms with Crippen LogP contribution in [0.25, 0.3) is 22.2 Å². The van der Waals surface area contributed by atoms with Gasteiger partial charge in [-0.1, -0.05) is 19.1 Å². The van der Waals surface area contributed by atoms with E-state index in [-0.39, 0.29) is 10.6 Å². The van der Waals surface area contributed by atoms with Gasteiger partial charge in [0.15, 0.2) is 0 Å². The molecule has 1 aliphatic rings. The summed E-state index contributed by atoms with van der Waals surface area (Å²) in [5.41, 5.74) is 6.07. The predicted molar refractivity (Wildman–Crippen MR) is 151 cm³/mol. The third kappa shape index (κ3) is 4.74. The average molecular weight is 516 g/mol. The zero-order valence-electron chi connectivity index (χ0n) is 22.5. The molecule has 0 fully saturated rings. The first-order valence-electron chi connectivity index (χ1n) is 12.8. The molecule has 0 bridgehead atoms. The van der Waals surface area contributed by atoms with Gasteiger partial charge in [0, 0.05) is 49.5 Å². The Morgan fingerprint density at radius 1 is 1.21 bits per heavy atom. The molecule has 2 aromatic carbocycles. The molecule has 0 aliphatic carbocycles. The minimum absolute atomic E-state index is 0.0405. The van der Waals surface area contributed by atoms with E-state index in [1.165, 1.54) is 0 Å². The molecule has 5 rings (SSSR count). The number of rotatable bonds is 9. The van der Waals surface area contributed by atoms with Gasteiger partial charge in [0.25, 0.3) is 5.69 Å². The molecule has 0 saturated carbocycles. The number of nitrogens with zero attached hydrogens (tertiary/aromatic N) is 6. The van der Waals surface area contributed by atoms with Crippen LogP contribution < -0.4 is 15.0 Å². The molecule has 0 unspecified atom stereocenters. The van der Waals surface area contributed by atoms with Crippen molar-refractivity contribution in [1.29, 1.82) is 0 Å². The first kappa shape index (κ1) is 25.5. The van der Waals surface area contributed by atoms with E-state index in [9.17, 15) is 10.1 Å². The largest absolute Gasteiger partial charge is 0.490 e. The number of aryl methyl sites for hydroxylation is 2. The normalized spacial score (nSPS) is 12.6. The highest BCUT2D eigenvalue weighted by molar-refractivity contribution is 5.99. The number of nitrogens with one attached hydrogen (secondary N) is 1. The maximum Gasteiger partial charge on any atom is 0.294 e. The van der Waals surface area contributed by atoms with E-state index in [2.05, 4.69) is 39.0 Å². The van der Waals surface area contributed by atoms with Crippen LogP contribution in [0.2, 0.25) is 0 Å². The van der Waals surface area contributed by atoms with Crippen LogP contribution in [0.15, 0.2) is 42.7 Å². The highest BCUT2D eigenvalue weighted by atomic mass is 16.6. The van der Waals surface area contributed by atoms with Crippen LogP contribution in [0, 0.1) is 17.0 Å². The number of hydrogen-bond donors (Lipinski definition) is 1. The average Bonchev–Trinajstić information content (AvgIpc) is 3.28. The molecule has 198 valence electrons. The fourth-order valence-electron chi connectivity index (χ4n) is 4.88. The second-order valence-corrected chi connectivity index (χ2v) is 9.92. The third-order valence-electron chi connectivity index (χ3n) is 7.01. The van der Waals surface area contributed by atoms with Crippen molar-refractivity contribution in [3.8, 4) is 17.0 Å². The van der Waals surface area contributed by atoms with Crippen LogP contribution >= 0.6 is 0 Å². The van der Waals surface area contributed by atoms with Crippen molar-refractivity contribution < 1.29 is 9.66 Å². The molecule has 10 heteroatoms. The first-order valence-corrected chi connectivity index (χ1v) is 12.8. The minimum atomic E-state index is -0.339. The molecule has 1 N–H and O–H groups in total. The topological polar surface area (TPSA) is 102 Å². The summed E-state index contributed by atoms with van der Waals surface area (Å²) in [7, 11) is 5.84. The summed E-state index contributed by atoms with van der Waals surface area (Å²) < 4.78 is 8.09. The minimum Gasteiger partial charge on any atom is -0.490 e. The second kappa shape index (κ2) is 10.3. The number of benzene rings is 2. The van der Waals surface area contributed by atoms with Crippen molar-refractivity contribution in [3.05, 3.63) is 64.0 Å². The fourth-order valence-corrected chi connectivity index (χ4v) is 4.88. The Morgan fingerprint density at radius 3 is 2.76 bits per heavy atom. The molecule has 0 amide bonds. The van der Waals surface area contributed by atoms with Gasteiger partial charge >= 0.3 is 0 Å². The lowest BCUT2D eigenvalue weighted by molar-refractivity contribution is -0.384. The van der Waals surface area contributed by atoms with E-state index in [0.717, 1.165) is 58.5 Å². The number of para-hydroxylation sites is 1. The number of ether oxygens (including phenoxy) is 1. The predicted octanol–water partition coefficient (Wildman–Crippen LogP) is 5.01. The summed E-state index contributed by atoms with van der Waals surface area (Å²) >= 11 is 0. The van der Waals surface area contributed by atoms with Crippen molar-refractivity contribution in [1.82, 2.24) is 19.4 Å². The van der Waals surface area contributed by atoms with Gasteiger partial charge in [-0.2, -0.15) is 0 Å². The summed E-state index contributed by atoms with van der Waals surface area (Å²) in [6.07, 6.45) is 4.74. The lowest BCUT2D eigenvalue weighted by Crippen LogP contribution is -2.29. The van der Waals surface area contributed by atoms with Crippen LogP contribution in [0.1, 0.15) is 18.1 Å². The molecular formula is C28H33N7O3. The van der Waals surface area contributed by atoms with E-state index >= 15 is 0 Å². The van der Waals surface area contributed by atoms with Crippen LogP contribution in [-0.2, 0) is 13.0 Å². The van der Waals surface area contributed by atoms with Crippen LogP contribution in [0.5, 0.6) is 5.75 Å². The van der Waals surface area contributed by atoms with Gasteiger partial charge in [-0.05, 0) is 50.7 Å². The zero-order chi connectivity index (χ0) is 27.0. The molecule has 0 spiro atoms. The summed E-state index contributed by atoms with van der Waals surface area (Å²) in [6, 6.07) is 9.51. The third-order valence-corrected chi connectivity index (χ3v) is 7.01.